The van der Waals surface area contributed by atoms with Gasteiger partial charge < -0.3 is 9.72 Å². The number of alkyl halides is 6. The lowest BCUT2D eigenvalue weighted by Gasteiger charge is -2.22. The maximum atomic E-state index is 12.4. The first-order valence-corrected chi connectivity index (χ1v) is 5.80. The molecule has 1 aromatic carbocycles. The summed E-state index contributed by atoms with van der Waals surface area (Å²) in [6.45, 7) is 1.53. The van der Waals surface area contributed by atoms with Crippen LogP contribution in [0.15, 0.2) is 23.0 Å². The average molecular weight is 326 g/mol. The molecule has 0 saturated carbocycles. The van der Waals surface area contributed by atoms with Gasteiger partial charge in [0.15, 0.2) is 0 Å². The highest BCUT2D eigenvalue weighted by Crippen LogP contribution is 2.35. The number of benzene rings is 1. The SMILES string of the molecule is Cc1cccc2[nH]c(=O)c(OC(C(F)(F)F)C(F)(F)F)nc12. The van der Waals surface area contributed by atoms with Gasteiger partial charge in [0.1, 0.15) is 0 Å². The third kappa shape index (κ3) is 3.15. The van der Waals surface area contributed by atoms with Crippen molar-refractivity contribution >= 4 is 11.0 Å². The minimum absolute atomic E-state index is 0.0419. The molecular weight excluding hydrogens is 318 g/mol. The van der Waals surface area contributed by atoms with Gasteiger partial charge >= 0.3 is 17.9 Å². The van der Waals surface area contributed by atoms with Crippen LogP contribution in [-0.2, 0) is 0 Å². The van der Waals surface area contributed by atoms with Gasteiger partial charge in [0.25, 0.3) is 12.0 Å². The third-order valence-corrected chi connectivity index (χ3v) is 2.72. The van der Waals surface area contributed by atoms with Crippen LogP contribution in [0, 0.1) is 6.92 Å². The molecule has 0 aliphatic rings. The van der Waals surface area contributed by atoms with Gasteiger partial charge in [-0.3, -0.25) is 4.79 Å². The highest BCUT2D eigenvalue weighted by atomic mass is 19.4. The molecule has 2 aromatic rings. The number of rotatable bonds is 2. The van der Waals surface area contributed by atoms with Crippen LogP contribution in [0.25, 0.3) is 11.0 Å². The molecule has 1 heterocycles. The van der Waals surface area contributed by atoms with Crippen LogP contribution in [0.2, 0.25) is 0 Å². The van der Waals surface area contributed by atoms with Crippen LogP contribution in [-0.4, -0.2) is 28.4 Å². The molecule has 120 valence electrons. The lowest BCUT2D eigenvalue weighted by Crippen LogP contribution is -2.47. The minimum atomic E-state index is -5.73. The number of H-pyrrole nitrogens is 1. The van der Waals surface area contributed by atoms with Gasteiger partial charge in [-0.1, -0.05) is 12.1 Å². The average Bonchev–Trinajstić information content (AvgIpc) is 2.34. The van der Waals surface area contributed by atoms with Gasteiger partial charge in [-0.05, 0) is 18.6 Å². The van der Waals surface area contributed by atoms with Crippen molar-refractivity contribution in [1.29, 1.82) is 0 Å². The molecule has 0 radical (unpaired) electrons. The summed E-state index contributed by atoms with van der Waals surface area (Å²) in [6, 6.07) is 4.48. The molecule has 10 heteroatoms. The van der Waals surface area contributed by atoms with E-state index in [0.29, 0.717) is 5.56 Å². The number of hydrogen-bond acceptors (Lipinski definition) is 3. The summed E-state index contributed by atoms with van der Waals surface area (Å²) in [7, 11) is 0. The Hall–Kier alpha value is -2.26. The molecule has 0 bridgehead atoms. The highest BCUT2D eigenvalue weighted by Gasteiger charge is 2.59. The zero-order chi connectivity index (χ0) is 16.7. The number of ether oxygens (including phenoxy) is 1. The first kappa shape index (κ1) is 16.1. The predicted molar refractivity (Wildman–Crippen MR) is 63.6 cm³/mol. The smallest absolute Gasteiger partial charge is 0.434 e. The van der Waals surface area contributed by atoms with E-state index in [4.69, 9.17) is 0 Å². The second-order valence-corrected chi connectivity index (χ2v) is 4.42. The molecule has 0 fully saturated rings. The van der Waals surface area contributed by atoms with Crippen molar-refractivity contribution < 1.29 is 31.1 Å². The number of aromatic amines is 1. The van der Waals surface area contributed by atoms with Gasteiger partial charge in [0.05, 0.1) is 11.0 Å². The molecule has 4 nitrogen and oxygen atoms in total. The summed E-state index contributed by atoms with van der Waals surface area (Å²) in [6.07, 6.45) is -15.6. The summed E-state index contributed by atoms with van der Waals surface area (Å²) in [4.78, 5) is 17.2. The van der Waals surface area contributed by atoms with E-state index in [0.717, 1.165) is 0 Å². The van der Waals surface area contributed by atoms with E-state index in [1.807, 2.05) is 0 Å². The number of aryl methyl sites for hydroxylation is 1. The van der Waals surface area contributed by atoms with E-state index in [9.17, 15) is 31.1 Å². The number of nitrogens with one attached hydrogen (secondary N) is 1. The molecule has 2 rings (SSSR count). The van der Waals surface area contributed by atoms with Gasteiger partial charge in [0, 0.05) is 0 Å². The molecule has 0 atom stereocenters. The highest BCUT2D eigenvalue weighted by molar-refractivity contribution is 5.77. The van der Waals surface area contributed by atoms with Crippen LogP contribution in [0.5, 0.6) is 5.88 Å². The normalized spacial score (nSPS) is 12.9. The van der Waals surface area contributed by atoms with Crippen LogP contribution in [0.4, 0.5) is 26.3 Å². The Morgan fingerprint density at radius 3 is 2.27 bits per heavy atom. The number of nitrogens with zero attached hydrogens (tertiary/aromatic N) is 1. The van der Waals surface area contributed by atoms with E-state index >= 15 is 0 Å². The second kappa shape index (κ2) is 5.18. The van der Waals surface area contributed by atoms with Gasteiger partial charge in [-0.25, -0.2) is 4.98 Å². The van der Waals surface area contributed by atoms with Crippen molar-refractivity contribution in [3.05, 3.63) is 34.1 Å². The predicted octanol–water partition coefficient (Wildman–Crippen LogP) is 3.10. The maximum Gasteiger partial charge on any atom is 0.434 e. The Labute approximate surface area is 118 Å². The van der Waals surface area contributed by atoms with E-state index in [1.54, 1.807) is 6.07 Å². The Kier molecular flexibility index (Phi) is 3.80. The molecule has 1 N–H and O–H groups in total. The standard InChI is InChI=1S/C12H8F6N2O2/c1-5-3-2-4-6-7(5)20-9(8(21)19-6)22-10(11(13,14)15)12(16,17)18/h2-4,10H,1H3,(H,19,21). The quantitative estimate of drug-likeness (QED) is 0.863. The van der Waals surface area contributed by atoms with Gasteiger partial charge in [-0.2, -0.15) is 26.3 Å². The third-order valence-electron chi connectivity index (χ3n) is 2.72. The number of aromatic nitrogens is 2. The van der Waals surface area contributed by atoms with E-state index in [-0.39, 0.29) is 11.0 Å². The molecule has 0 saturated heterocycles. The van der Waals surface area contributed by atoms with Gasteiger partial charge in [0.2, 0.25) is 0 Å². The number of hydrogen-bond donors (Lipinski definition) is 1. The molecule has 22 heavy (non-hydrogen) atoms. The Bertz CT molecular complexity index is 736. The Morgan fingerprint density at radius 1 is 1.14 bits per heavy atom. The van der Waals surface area contributed by atoms with E-state index < -0.39 is 29.9 Å². The zero-order valence-corrected chi connectivity index (χ0v) is 10.8. The van der Waals surface area contributed by atoms with Crippen molar-refractivity contribution in [3.8, 4) is 5.88 Å². The molecule has 0 unspecified atom stereocenters. The summed E-state index contributed by atoms with van der Waals surface area (Å²) in [5, 5.41) is 0. The molecular formula is C12H8F6N2O2. The molecule has 0 spiro atoms. The monoisotopic (exact) mass is 326 g/mol. The second-order valence-electron chi connectivity index (χ2n) is 4.42. The van der Waals surface area contributed by atoms with Crippen LogP contribution < -0.4 is 10.3 Å². The van der Waals surface area contributed by atoms with Crippen molar-refractivity contribution in [3.63, 3.8) is 0 Å². The molecule has 0 aliphatic heterocycles. The Morgan fingerprint density at radius 2 is 1.73 bits per heavy atom. The fourth-order valence-electron chi connectivity index (χ4n) is 1.75. The summed E-state index contributed by atoms with van der Waals surface area (Å²) >= 11 is 0. The van der Waals surface area contributed by atoms with Crippen LogP contribution in [0.1, 0.15) is 5.56 Å². The maximum absolute atomic E-state index is 12.4. The van der Waals surface area contributed by atoms with E-state index in [2.05, 4.69) is 14.7 Å². The lowest BCUT2D eigenvalue weighted by atomic mass is 10.2. The summed E-state index contributed by atoms with van der Waals surface area (Å²) in [5.74, 6) is -1.29. The van der Waals surface area contributed by atoms with E-state index in [1.165, 1.54) is 19.1 Å². The molecule has 0 amide bonds. The first-order chi connectivity index (χ1) is 10.00. The first-order valence-electron chi connectivity index (χ1n) is 5.80. The minimum Gasteiger partial charge on any atom is -0.451 e. The number of halogens is 6. The topological polar surface area (TPSA) is 55.0 Å². The molecule has 0 aliphatic carbocycles. The van der Waals surface area contributed by atoms with Crippen LogP contribution in [0.3, 0.4) is 0 Å². The Balaban J connectivity index is 2.53. The van der Waals surface area contributed by atoms with Crippen LogP contribution >= 0.6 is 0 Å². The van der Waals surface area contributed by atoms with Gasteiger partial charge in [-0.15, -0.1) is 0 Å². The van der Waals surface area contributed by atoms with Crippen molar-refractivity contribution in [2.75, 3.05) is 0 Å². The fourth-order valence-corrected chi connectivity index (χ4v) is 1.75. The number of para-hydroxylation sites is 1. The van der Waals surface area contributed by atoms with Crippen molar-refractivity contribution in [2.24, 2.45) is 0 Å². The lowest BCUT2D eigenvalue weighted by molar-refractivity contribution is -0.300. The fraction of sp³-hybridized carbons (Fsp3) is 0.333. The number of fused-ring (bicyclic) bond motifs is 1. The van der Waals surface area contributed by atoms with Crippen molar-refractivity contribution in [2.45, 2.75) is 25.4 Å². The zero-order valence-electron chi connectivity index (χ0n) is 10.8. The molecule has 1 aromatic heterocycles. The largest absolute Gasteiger partial charge is 0.451 e. The van der Waals surface area contributed by atoms with Crippen molar-refractivity contribution in [1.82, 2.24) is 9.97 Å². The summed E-state index contributed by atoms with van der Waals surface area (Å²) < 4.78 is 78.5. The summed E-state index contributed by atoms with van der Waals surface area (Å²) in [5.41, 5.74) is -0.612.